The van der Waals surface area contributed by atoms with Crippen LogP contribution >= 0.6 is 0 Å². The Hall–Kier alpha value is -0.900. The van der Waals surface area contributed by atoms with Crippen molar-refractivity contribution >= 4 is 0 Å². The summed E-state index contributed by atoms with van der Waals surface area (Å²) in [7, 11) is 0. The van der Waals surface area contributed by atoms with Crippen molar-refractivity contribution in [2.75, 3.05) is 6.54 Å². The first-order valence-corrected chi connectivity index (χ1v) is 5.23. The molecule has 0 saturated carbocycles. The van der Waals surface area contributed by atoms with E-state index < -0.39 is 0 Å². The van der Waals surface area contributed by atoms with E-state index in [0.717, 1.165) is 25.2 Å². The van der Waals surface area contributed by atoms with Crippen molar-refractivity contribution in [1.29, 1.82) is 0 Å². The fraction of sp³-hybridized carbons (Fsp3) is 0.800. The molecule has 0 aromatic carbocycles. The minimum Gasteiger partial charge on any atom is -0.330 e. The van der Waals surface area contributed by atoms with Crippen molar-refractivity contribution in [3.8, 4) is 0 Å². The van der Waals surface area contributed by atoms with Crippen LogP contribution in [0.3, 0.4) is 0 Å². The molecule has 2 N–H and O–H groups in total. The largest absolute Gasteiger partial charge is 0.330 e. The van der Waals surface area contributed by atoms with Crippen molar-refractivity contribution in [2.24, 2.45) is 11.7 Å². The van der Waals surface area contributed by atoms with Gasteiger partial charge in [0.25, 0.3) is 0 Å². The lowest BCUT2D eigenvalue weighted by Gasteiger charge is -2.11. The highest BCUT2D eigenvalue weighted by atomic mass is 15.3. The van der Waals surface area contributed by atoms with Gasteiger partial charge in [-0.05, 0) is 32.7 Å². The first-order valence-electron chi connectivity index (χ1n) is 5.23. The Morgan fingerprint density at radius 2 is 2.14 bits per heavy atom. The predicted octanol–water partition coefficient (Wildman–Crippen LogP) is 1.39. The molecule has 1 unspecified atom stereocenters. The van der Waals surface area contributed by atoms with E-state index in [4.69, 9.17) is 5.73 Å². The summed E-state index contributed by atoms with van der Waals surface area (Å²) in [5, 5.41) is 4.19. The quantitative estimate of drug-likeness (QED) is 0.774. The third-order valence-corrected chi connectivity index (χ3v) is 2.40. The van der Waals surface area contributed by atoms with Gasteiger partial charge in [0.1, 0.15) is 12.2 Å². The first kappa shape index (κ1) is 11.2. The van der Waals surface area contributed by atoms with E-state index in [1.165, 1.54) is 0 Å². The lowest BCUT2D eigenvalue weighted by atomic mass is 10.1. The van der Waals surface area contributed by atoms with E-state index in [0.29, 0.717) is 12.0 Å². The van der Waals surface area contributed by atoms with E-state index in [2.05, 4.69) is 30.9 Å². The van der Waals surface area contributed by atoms with Gasteiger partial charge in [0.05, 0.1) is 0 Å². The lowest BCUT2D eigenvalue weighted by Crippen LogP contribution is -2.14. The SMILES string of the molecule is CC(CN)CCc1ncnn1C(C)C. The molecule has 0 aliphatic rings. The molecule has 0 saturated heterocycles. The Morgan fingerprint density at radius 3 is 2.71 bits per heavy atom. The number of aryl methyl sites for hydroxylation is 1. The van der Waals surface area contributed by atoms with Crippen LogP contribution in [0.2, 0.25) is 0 Å². The van der Waals surface area contributed by atoms with Crippen LogP contribution < -0.4 is 5.73 Å². The van der Waals surface area contributed by atoms with Crippen LogP contribution in [0.25, 0.3) is 0 Å². The van der Waals surface area contributed by atoms with Crippen molar-refractivity contribution in [2.45, 2.75) is 39.7 Å². The molecule has 1 heterocycles. The molecule has 1 atom stereocenters. The summed E-state index contributed by atoms with van der Waals surface area (Å²) < 4.78 is 1.98. The van der Waals surface area contributed by atoms with Crippen LogP contribution in [0.4, 0.5) is 0 Å². The molecule has 1 rings (SSSR count). The van der Waals surface area contributed by atoms with Gasteiger partial charge in [-0.15, -0.1) is 0 Å². The molecule has 80 valence electrons. The highest BCUT2D eigenvalue weighted by molar-refractivity contribution is 4.87. The van der Waals surface area contributed by atoms with Crippen LogP contribution in [0.1, 0.15) is 39.1 Å². The van der Waals surface area contributed by atoms with Gasteiger partial charge in [0.15, 0.2) is 0 Å². The number of hydrogen-bond acceptors (Lipinski definition) is 3. The zero-order valence-corrected chi connectivity index (χ0v) is 9.27. The third kappa shape index (κ3) is 2.80. The number of aromatic nitrogens is 3. The van der Waals surface area contributed by atoms with Gasteiger partial charge in [-0.1, -0.05) is 6.92 Å². The standard InChI is InChI=1S/C10H20N4/c1-8(2)14-10(12-7-13-14)5-4-9(3)6-11/h7-9H,4-6,11H2,1-3H3. The number of hydrogen-bond donors (Lipinski definition) is 1. The van der Waals surface area contributed by atoms with Gasteiger partial charge in [-0.2, -0.15) is 5.10 Å². The minimum atomic E-state index is 0.390. The third-order valence-electron chi connectivity index (χ3n) is 2.40. The van der Waals surface area contributed by atoms with Gasteiger partial charge in [-0.3, -0.25) is 0 Å². The number of nitrogens with two attached hydrogens (primary N) is 1. The molecular formula is C10H20N4. The van der Waals surface area contributed by atoms with Gasteiger partial charge in [0, 0.05) is 12.5 Å². The van der Waals surface area contributed by atoms with Gasteiger partial charge in [0.2, 0.25) is 0 Å². The zero-order valence-electron chi connectivity index (χ0n) is 9.27. The summed E-state index contributed by atoms with van der Waals surface area (Å²) in [6.45, 7) is 7.14. The maximum atomic E-state index is 5.57. The predicted molar refractivity (Wildman–Crippen MR) is 56.9 cm³/mol. The first-order chi connectivity index (χ1) is 6.65. The second-order valence-corrected chi connectivity index (χ2v) is 4.09. The molecule has 1 aromatic rings. The van der Waals surface area contributed by atoms with E-state index in [-0.39, 0.29) is 0 Å². The van der Waals surface area contributed by atoms with Crippen molar-refractivity contribution in [3.63, 3.8) is 0 Å². The number of nitrogens with zero attached hydrogens (tertiary/aromatic N) is 3. The Balaban J connectivity index is 2.54. The summed E-state index contributed by atoms with van der Waals surface area (Å²) >= 11 is 0. The summed E-state index contributed by atoms with van der Waals surface area (Å²) in [6.07, 6.45) is 3.68. The Morgan fingerprint density at radius 1 is 1.43 bits per heavy atom. The average molecular weight is 196 g/mol. The molecule has 0 amide bonds. The van der Waals surface area contributed by atoms with E-state index in [1.54, 1.807) is 6.33 Å². The molecule has 0 bridgehead atoms. The van der Waals surface area contributed by atoms with E-state index >= 15 is 0 Å². The fourth-order valence-electron chi connectivity index (χ4n) is 1.38. The Labute approximate surface area is 85.5 Å². The summed E-state index contributed by atoms with van der Waals surface area (Å²) in [5.74, 6) is 1.63. The van der Waals surface area contributed by atoms with Crippen LogP contribution in [-0.2, 0) is 6.42 Å². The topological polar surface area (TPSA) is 56.7 Å². The lowest BCUT2D eigenvalue weighted by molar-refractivity contribution is 0.476. The van der Waals surface area contributed by atoms with Crippen molar-refractivity contribution in [1.82, 2.24) is 14.8 Å². The van der Waals surface area contributed by atoms with Gasteiger partial charge in [-0.25, -0.2) is 9.67 Å². The molecule has 14 heavy (non-hydrogen) atoms. The van der Waals surface area contributed by atoms with Gasteiger partial charge >= 0.3 is 0 Å². The second-order valence-electron chi connectivity index (χ2n) is 4.09. The van der Waals surface area contributed by atoms with Crippen molar-refractivity contribution in [3.05, 3.63) is 12.2 Å². The maximum Gasteiger partial charge on any atom is 0.138 e. The molecular weight excluding hydrogens is 176 g/mol. The minimum absolute atomic E-state index is 0.390. The average Bonchev–Trinajstić information content (AvgIpc) is 2.62. The van der Waals surface area contributed by atoms with Crippen LogP contribution in [-0.4, -0.2) is 21.3 Å². The Kier molecular flexibility index (Phi) is 4.07. The van der Waals surface area contributed by atoms with Gasteiger partial charge < -0.3 is 5.73 Å². The Bertz CT molecular complexity index is 267. The summed E-state index contributed by atoms with van der Waals surface area (Å²) in [6, 6.07) is 0.390. The van der Waals surface area contributed by atoms with Crippen molar-refractivity contribution < 1.29 is 0 Å². The smallest absolute Gasteiger partial charge is 0.138 e. The second kappa shape index (κ2) is 5.10. The maximum absolute atomic E-state index is 5.57. The molecule has 0 spiro atoms. The molecule has 0 aliphatic heterocycles. The highest BCUT2D eigenvalue weighted by Gasteiger charge is 2.08. The monoisotopic (exact) mass is 196 g/mol. The van der Waals surface area contributed by atoms with E-state index in [9.17, 15) is 0 Å². The highest BCUT2D eigenvalue weighted by Crippen LogP contribution is 2.10. The van der Waals surface area contributed by atoms with Crippen LogP contribution in [0.5, 0.6) is 0 Å². The van der Waals surface area contributed by atoms with Crippen LogP contribution in [0, 0.1) is 5.92 Å². The summed E-state index contributed by atoms with van der Waals surface area (Å²) in [5.41, 5.74) is 5.57. The molecule has 0 radical (unpaired) electrons. The molecule has 4 nitrogen and oxygen atoms in total. The van der Waals surface area contributed by atoms with E-state index in [1.807, 2.05) is 4.68 Å². The molecule has 4 heteroatoms. The normalized spacial score (nSPS) is 13.5. The number of rotatable bonds is 5. The zero-order chi connectivity index (χ0) is 10.6. The molecule has 0 aliphatic carbocycles. The fourth-order valence-corrected chi connectivity index (χ4v) is 1.38. The molecule has 1 aromatic heterocycles. The van der Waals surface area contributed by atoms with Crippen LogP contribution in [0.15, 0.2) is 6.33 Å². The summed E-state index contributed by atoms with van der Waals surface area (Å²) in [4.78, 5) is 4.25. The molecule has 0 fully saturated rings.